The second-order valence-electron chi connectivity index (χ2n) is 7.02. The maximum atomic E-state index is 12.1. The number of hydrogen-bond acceptors (Lipinski definition) is 2. The van der Waals surface area contributed by atoms with E-state index in [1.165, 1.54) is 57.8 Å². The van der Waals surface area contributed by atoms with E-state index in [4.69, 9.17) is 4.74 Å². The lowest BCUT2D eigenvalue weighted by atomic mass is 9.98. The first kappa shape index (κ1) is 19.6. The SMILES string of the molecule is O=C(NCCOc1ccccc1)NC1CCCCCCCCCCC1. The Morgan fingerprint density at radius 3 is 2.04 bits per heavy atom. The third-order valence-electron chi connectivity index (χ3n) is 4.84. The minimum absolute atomic E-state index is 0.0613. The van der Waals surface area contributed by atoms with E-state index in [2.05, 4.69) is 10.6 Å². The molecule has 1 aromatic carbocycles. The summed E-state index contributed by atoms with van der Waals surface area (Å²) in [6.07, 6.45) is 14.1. The van der Waals surface area contributed by atoms with Crippen molar-refractivity contribution in [2.24, 2.45) is 0 Å². The summed E-state index contributed by atoms with van der Waals surface area (Å²) in [6.45, 7) is 1.01. The lowest BCUT2D eigenvalue weighted by Crippen LogP contribution is -2.43. The summed E-state index contributed by atoms with van der Waals surface area (Å²) < 4.78 is 5.60. The van der Waals surface area contributed by atoms with Crippen LogP contribution in [0.5, 0.6) is 5.75 Å². The van der Waals surface area contributed by atoms with E-state index >= 15 is 0 Å². The Morgan fingerprint density at radius 1 is 0.880 bits per heavy atom. The molecular weight excluding hydrogens is 312 g/mol. The molecule has 25 heavy (non-hydrogen) atoms. The first-order chi connectivity index (χ1) is 12.3. The Bertz CT molecular complexity index is 452. The summed E-state index contributed by atoms with van der Waals surface area (Å²) in [6, 6.07) is 9.94. The third-order valence-corrected chi connectivity index (χ3v) is 4.84. The van der Waals surface area contributed by atoms with Gasteiger partial charge in [-0.15, -0.1) is 0 Å². The summed E-state index contributed by atoms with van der Waals surface area (Å²) in [4.78, 5) is 12.1. The first-order valence-electron chi connectivity index (χ1n) is 10.1. The molecule has 0 spiro atoms. The number of carbonyl (C=O) groups is 1. The average Bonchev–Trinajstić information content (AvgIpc) is 2.62. The minimum atomic E-state index is -0.0613. The molecule has 0 radical (unpaired) electrons. The number of rotatable bonds is 5. The summed E-state index contributed by atoms with van der Waals surface area (Å²) in [5.41, 5.74) is 0. The standard InChI is InChI=1S/C21H34N2O2/c24-21(22-17-18-25-20-15-11-8-12-16-20)23-19-13-9-6-4-2-1-3-5-7-10-14-19/h8,11-12,15-16,19H,1-7,9-10,13-14,17-18H2,(H2,22,23,24). The summed E-state index contributed by atoms with van der Waals surface area (Å²) in [5, 5.41) is 6.08. The maximum Gasteiger partial charge on any atom is 0.315 e. The lowest BCUT2D eigenvalue weighted by Gasteiger charge is -2.20. The fourth-order valence-electron chi connectivity index (χ4n) is 3.39. The number of ether oxygens (including phenoxy) is 1. The molecular formula is C21H34N2O2. The molecule has 140 valence electrons. The molecule has 1 saturated carbocycles. The van der Waals surface area contributed by atoms with Crippen molar-refractivity contribution in [1.29, 1.82) is 0 Å². The molecule has 2 rings (SSSR count). The fraction of sp³-hybridized carbons (Fsp3) is 0.667. The van der Waals surface area contributed by atoms with Crippen molar-refractivity contribution < 1.29 is 9.53 Å². The third kappa shape index (κ3) is 9.37. The fourth-order valence-corrected chi connectivity index (χ4v) is 3.39. The molecule has 0 aromatic heterocycles. The number of para-hydroxylation sites is 1. The quantitative estimate of drug-likeness (QED) is 0.734. The van der Waals surface area contributed by atoms with Crippen molar-refractivity contribution >= 4 is 6.03 Å². The van der Waals surface area contributed by atoms with E-state index in [0.717, 1.165) is 18.6 Å². The maximum absolute atomic E-state index is 12.1. The predicted molar refractivity (Wildman–Crippen MR) is 103 cm³/mol. The van der Waals surface area contributed by atoms with Gasteiger partial charge >= 0.3 is 6.03 Å². The van der Waals surface area contributed by atoms with Gasteiger partial charge in [0.05, 0.1) is 6.54 Å². The Labute approximate surface area is 152 Å². The monoisotopic (exact) mass is 346 g/mol. The number of hydrogen-bond donors (Lipinski definition) is 2. The molecule has 2 amide bonds. The predicted octanol–water partition coefficient (Wildman–Crippen LogP) is 5.04. The number of carbonyl (C=O) groups excluding carboxylic acids is 1. The molecule has 4 nitrogen and oxygen atoms in total. The summed E-state index contributed by atoms with van der Waals surface area (Å²) in [7, 11) is 0. The van der Waals surface area contributed by atoms with Crippen LogP contribution < -0.4 is 15.4 Å². The molecule has 4 heteroatoms. The van der Waals surface area contributed by atoms with Crippen LogP contribution >= 0.6 is 0 Å². The Morgan fingerprint density at radius 2 is 1.44 bits per heavy atom. The van der Waals surface area contributed by atoms with E-state index in [-0.39, 0.29) is 6.03 Å². The van der Waals surface area contributed by atoms with Crippen molar-refractivity contribution in [1.82, 2.24) is 10.6 Å². The largest absolute Gasteiger partial charge is 0.492 e. The van der Waals surface area contributed by atoms with Gasteiger partial charge in [0.15, 0.2) is 0 Å². The molecule has 0 heterocycles. The topological polar surface area (TPSA) is 50.4 Å². The number of benzene rings is 1. The van der Waals surface area contributed by atoms with Crippen LogP contribution in [0.25, 0.3) is 0 Å². The van der Waals surface area contributed by atoms with Gasteiger partial charge in [0, 0.05) is 6.04 Å². The zero-order chi connectivity index (χ0) is 17.6. The molecule has 2 N–H and O–H groups in total. The highest BCUT2D eigenvalue weighted by Gasteiger charge is 2.12. The van der Waals surface area contributed by atoms with Gasteiger partial charge < -0.3 is 15.4 Å². The van der Waals surface area contributed by atoms with E-state index in [9.17, 15) is 4.79 Å². The smallest absolute Gasteiger partial charge is 0.315 e. The van der Waals surface area contributed by atoms with E-state index in [0.29, 0.717) is 19.2 Å². The second-order valence-corrected chi connectivity index (χ2v) is 7.02. The van der Waals surface area contributed by atoms with Crippen LogP contribution in [0.3, 0.4) is 0 Å². The van der Waals surface area contributed by atoms with Crippen LogP contribution in [-0.2, 0) is 0 Å². The van der Waals surface area contributed by atoms with Gasteiger partial charge in [0.1, 0.15) is 12.4 Å². The molecule has 1 aliphatic carbocycles. The van der Waals surface area contributed by atoms with Crippen LogP contribution in [-0.4, -0.2) is 25.2 Å². The van der Waals surface area contributed by atoms with Crippen LogP contribution in [0, 0.1) is 0 Å². The molecule has 1 aromatic rings. The van der Waals surface area contributed by atoms with E-state index in [1.54, 1.807) is 0 Å². The van der Waals surface area contributed by atoms with Gasteiger partial charge in [-0.05, 0) is 25.0 Å². The highest BCUT2D eigenvalue weighted by molar-refractivity contribution is 5.74. The van der Waals surface area contributed by atoms with Crippen LogP contribution in [0.15, 0.2) is 30.3 Å². The van der Waals surface area contributed by atoms with Gasteiger partial charge in [-0.2, -0.15) is 0 Å². The molecule has 0 atom stereocenters. The van der Waals surface area contributed by atoms with Gasteiger partial charge in [0.2, 0.25) is 0 Å². The van der Waals surface area contributed by atoms with Gasteiger partial charge in [-0.3, -0.25) is 0 Å². The normalized spacial score (nSPS) is 17.8. The summed E-state index contributed by atoms with van der Waals surface area (Å²) >= 11 is 0. The number of amides is 2. The van der Waals surface area contributed by atoms with Crippen molar-refractivity contribution in [3.05, 3.63) is 30.3 Å². The molecule has 0 bridgehead atoms. The molecule has 0 unspecified atom stereocenters. The molecule has 1 aliphatic rings. The van der Waals surface area contributed by atoms with E-state index < -0.39 is 0 Å². The molecule has 0 aliphatic heterocycles. The average molecular weight is 347 g/mol. The number of urea groups is 1. The van der Waals surface area contributed by atoms with Gasteiger partial charge in [-0.1, -0.05) is 76.0 Å². The minimum Gasteiger partial charge on any atom is -0.492 e. The van der Waals surface area contributed by atoms with Crippen LogP contribution in [0.2, 0.25) is 0 Å². The van der Waals surface area contributed by atoms with Gasteiger partial charge in [0.25, 0.3) is 0 Å². The van der Waals surface area contributed by atoms with Crippen molar-refractivity contribution in [2.75, 3.05) is 13.2 Å². The van der Waals surface area contributed by atoms with Crippen molar-refractivity contribution in [2.45, 2.75) is 76.7 Å². The van der Waals surface area contributed by atoms with Crippen LogP contribution in [0.1, 0.15) is 70.6 Å². The van der Waals surface area contributed by atoms with E-state index in [1.807, 2.05) is 30.3 Å². The first-order valence-corrected chi connectivity index (χ1v) is 10.1. The highest BCUT2D eigenvalue weighted by Crippen LogP contribution is 2.16. The Kier molecular flexibility index (Phi) is 9.90. The Balaban J connectivity index is 1.62. The Hall–Kier alpha value is -1.71. The highest BCUT2D eigenvalue weighted by atomic mass is 16.5. The van der Waals surface area contributed by atoms with Gasteiger partial charge in [-0.25, -0.2) is 4.79 Å². The summed E-state index contributed by atoms with van der Waals surface area (Å²) in [5.74, 6) is 0.837. The zero-order valence-corrected chi connectivity index (χ0v) is 15.5. The molecule has 1 fully saturated rings. The zero-order valence-electron chi connectivity index (χ0n) is 15.5. The lowest BCUT2D eigenvalue weighted by molar-refractivity contribution is 0.230. The number of nitrogens with one attached hydrogen (secondary N) is 2. The van der Waals surface area contributed by atoms with Crippen molar-refractivity contribution in [3.63, 3.8) is 0 Å². The second kappa shape index (κ2) is 12.6. The molecule has 0 saturated heterocycles. The van der Waals surface area contributed by atoms with Crippen molar-refractivity contribution in [3.8, 4) is 5.75 Å². The van der Waals surface area contributed by atoms with Crippen LogP contribution in [0.4, 0.5) is 4.79 Å².